The molecule has 1 aromatic rings. The average Bonchev–Trinajstić information content (AvgIpc) is 3.63. The number of likely N-dealkylation sites (N-methyl/N-ethyl adjacent to an activating group) is 1. The lowest BCUT2D eigenvalue weighted by Gasteiger charge is -2.36. The van der Waals surface area contributed by atoms with Gasteiger partial charge in [-0.2, -0.15) is 0 Å². The smallest absolute Gasteiger partial charge is 0.317 e. The summed E-state index contributed by atoms with van der Waals surface area (Å²) in [5, 5.41) is 5.87. The summed E-state index contributed by atoms with van der Waals surface area (Å²) in [6.07, 6.45) is 1.53. The number of benzene rings is 1. The molecule has 1 saturated carbocycles. The van der Waals surface area contributed by atoms with E-state index in [4.69, 9.17) is 9.47 Å². The lowest BCUT2D eigenvalue weighted by molar-refractivity contribution is -0.117. The number of hydrogen-bond donors (Lipinski definition) is 2. The fourth-order valence-corrected chi connectivity index (χ4v) is 4.06. The molecular formula is C25H38N4O5. The van der Waals surface area contributed by atoms with Gasteiger partial charge in [0, 0.05) is 50.8 Å². The third-order valence-corrected chi connectivity index (χ3v) is 6.33. The van der Waals surface area contributed by atoms with Crippen molar-refractivity contribution < 1.29 is 23.9 Å². The van der Waals surface area contributed by atoms with Crippen molar-refractivity contribution in [1.29, 1.82) is 0 Å². The van der Waals surface area contributed by atoms with E-state index in [9.17, 15) is 14.4 Å². The summed E-state index contributed by atoms with van der Waals surface area (Å²) in [4.78, 5) is 41.9. The number of ether oxygens (including phenoxy) is 2. The highest BCUT2D eigenvalue weighted by molar-refractivity contribution is 6.00. The molecule has 3 atom stereocenters. The highest BCUT2D eigenvalue weighted by atomic mass is 16.5. The molecule has 0 unspecified atom stereocenters. The maximum Gasteiger partial charge on any atom is 0.317 e. The first-order chi connectivity index (χ1) is 16.1. The molecule has 1 aliphatic carbocycles. The van der Waals surface area contributed by atoms with Crippen LogP contribution in [0.2, 0.25) is 0 Å². The number of carbonyl (C=O) groups is 3. The monoisotopic (exact) mass is 474 g/mol. The van der Waals surface area contributed by atoms with Crippen molar-refractivity contribution in [2.45, 2.75) is 58.7 Å². The Bertz CT molecular complexity index is 901. The standard InChI is InChI=1S/C25H38N4O5/c1-15(2)26-25(32)29-12-16(3)22(33-6)13-28(5)24(31)20-11-19(27-23(30)18-7-8-18)9-10-21(20)34-14-17(29)4/h9-11,15-18,22H,7-8,12-14H2,1-6H3,(H,26,32)(H,27,30)/t16-,17-,22+/m0/s1. The van der Waals surface area contributed by atoms with Crippen LogP contribution in [-0.2, 0) is 9.53 Å². The molecule has 34 heavy (non-hydrogen) atoms. The molecule has 3 rings (SSSR count). The molecule has 188 valence electrons. The van der Waals surface area contributed by atoms with Gasteiger partial charge in [-0.1, -0.05) is 6.92 Å². The number of methoxy groups -OCH3 is 1. The van der Waals surface area contributed by atoms with Gasteiger partial charge in [-0.25, -0.2) is 4.79 Å². The summed E-state index contributed by atoms with van der Waals surface area (Å²) in [6, 6.07) is 4.72. The first-order valence-electron chi connectivity index (χ1n) is 12.0. The number of anilines is 1. The Hall–Kier alpha value is -2.81. The van der Waals surface area contributed by atoms with E-state index in [1.54, 1.807) is 42.2 Å². The average molecular weight is 475 g/mol. The summed E-state index contributed by atoms with van der Waals surface area (Å²) in [6.45, 7) is 8.82. The predicted molar refractivity (Wildman–Crippen MR) is 130 cm³/mol. The zero-order valence-electron chi connectivity index (χ0n) is 21.1. The molecule has 2 N–H and O–H groups in total. The molecule has 4 amide bonds. The number of nitrogens with zero attached hydrogens (tertiary/aromatic N) is 2. The third-order valence-electron chi connectivity index (χ3n) is 6.33. The maximum absolute atomic E-state index is 13.4. The Morgan fingerprint density at radius 2 is 1.88 bits per heavy atom. The van der Waals surface area contributed by atoms with Gasteiger partial charge in [-0.3, -0.25) is 9.59 Å². The molecule has 0 bridgehead atoms. The number of rotatable bonds is 4. The van der Waals surface area contributed by atoms with Gasteiger partial charge in [-0.05, 0) is 51.8 Å². The van der Waals surface area contributed by atoms with Crippen molar-refractivity contribution in [3.63, 3.8) is 0 Å². The minimum absolute atomic E-state index is 0.00396. The Morgan fingerprint density at radius 1 is 1.18 bits per heavy atom. The molecular weight excluding hydrogens is 436 g/mol. The molecule has 1 heterocycles. The third kappa shape index (κ3) is 6.40. The second-order valence-electron chi connectivity index (χ2n) is 9.83. The van der Waals surface area contributed by atoms with Crippen molar-refractivity contribution in [1.82, 2.24) is 15.1 Å². The fraction of sp³-hybridized carbons (Fsp3) is 0.640. The van der Waals surface area contributed by atoms with Crippen LogP contribution in [0.3, 0.4) is 0 Å². The Morgan fingerprint density at radius 3 is 2.50 bits per heavy atom. The van der Waals surface area contributed by atoms with Crippen molar-refractivity contribution in [3.8, 4) is 5.75 Å². The predicted octanol–water partition coefficient (Wildman–Crippen LogP) is 2.96. The maximum atomic E-state index is 13.4. The number of urea groups is 1. The van der Waals surface area contributed by atoms with E-state index in [0.717, 1.165) is 12.8 Å². The number of nitrogens with one attached hydrogen (secondary N) is 2. The first-order valence-corrected chi connectivity index (χ1v) is 12.0. The number of amides is 4. The highest BCUT2D eigenvalue weighted by Gasteiger charge is 2.32. The molecule has 1 fully saturated rings. The Kier molecular flexibility index (Phi) is 8.41. The van der Waals surface area contributed by atoms with Crippen LogP contribution in [-0.4, -0.2) is 79.7 Å². The minimum Gasteiger partial charge on any atom is -0.491 e. The van der Waals surface area contributed by atoms with Gasteiger partial charge < -0.3 is 29.9 Å². The zero-order valence-corrected chi connectivity index (χ0v) is 21.1. The minimum atomic E-state index is -0.267. The van der Waals surface area contributed by atoms with Crippen LogP contribution in [0.25, 0.3) is 0 Å². The first kappa shape index (κ1) is 25.8. The van der Waals surface area contributed by atoms with Gasteiger partial charge in [0.05, 0.1) is 17.7 Å². The molecule has 0 saturated heterocycles. The van der Waals surface area contributed by atoms with E-state index in [1.165, 1.54) is 0 Å². The van der Waals surface area contributed by atoms with Crippen LogP contribution in [0.5, 0.6) is 5.75 Å². The van der Waals surface area contributed by atoms with Crippen LogP contribution in [0.15, 0.2) is 18.2 Å². The van der Waals surface area contributed by atoms with Gasteiger partial charge >= 0.3 is 6.03 Å². The summed E-state index contributed by atoms with van der Waals surface area (Å²) in [5.41, 5.74) is 0.931. The lowest BCUT2D eigenvalue weighted by atomic mass is 10.0. The molecule has 2 aliphatic rings. The highest BCUT2D eigenvalue weighted by Crippen LogP contribution is 2.31. The largest absolute Gasteiger partial charge is 0.491 e. The van der Waals surface area contributed by atoms with E-state index >= 15 is 0 Å². The van der Waals surface area contributed by atoms with Gasteiger partial charge in [0.1, 0.15) is 12.4 Å². The SMILES string of the molecule is CO[C@@H]1CN(C)C(=O)c2cc(NC(=O)C3CC3)ccc2OC[C@H](C)N(C(=O)NC(C)C)C[C@@H]1C. The van der Waals surface area contributed by atoms with E-state index < -0.39 is 0 Å². The van der Waals surface area contributed by atoms with E-state index in [2.05, 4.69) is 10.6 Å². The number of fused-ring (bicyclic) bond motifs is 1. The fourth-order valence-electron chi connectivity index (χ4n) is 4.06. The van der Waals surface area contributed by atoms with Gasteiger partial charge in [0.25, 0.3) is 5.91 Å². The van der Waals surface area contributed by atoms with Gasteiger partial charge in [0.2, 0.25) is 5.91 Å². The van der Waals surface area contributed by atoms with Crippen LogP contribution in [0, 0.1) is 11.8 Å². The van der Waals surface area contributed by atoms with Crippen molar-refractivity contribution in [2.24, 2.45) is 11.8 Å². The zero-order chi connectivity index (χ0) is 25.0. The Labute approximate surface area is 202 Å². The van der Waals surface area contributed by atoms with Crippen LogP contribution in [0.1, 0.15) is 50.9 Å². The van der Waals surface area contributed by atoms with Gasteiger partial charge in [0.15, 0.2) is 0 Å². The summed E-state index contributed by atoms with van der Waals surface area (Å²) >= 11 is 0. The van der Waals surface area contributed by atoms with Crippen LogP contribution in [0.4, 0.5) is 10.5 Å². The quantitative estimate of drug-likeness (QED) is 0.699. The molecule has 0 spiro atoms. The second kappa shape index (κ2) is 11.1. The van der Waals surface area contributed by atoms with Crippen molar-refractivity contribution in [2.75, 3.05) is 39.2 Å². The molecule has 9 heteroatoms. The summed E-state index contributed by atoms with van der Waals surface area (Å²) < 4.78 is 11.8. The Balaban J connectivity index is 1.92. The summed E-state index contributed by atoms with van der Waals surface area (Å²) in [7, 11) is 3.34. The summed E-state index contributed by atoms with van der Waals surface area (Å²) in [5.74, 6) is 0.213. The van der Waals surface area contributed by atoms with E-state index in [-0.39, 0.29) is 54.5 Å². The van der Waals surface area contributed by atoms with Crippen LogP contribution >= 0.6 is 0 Å². The van der Waals surface area contributed by atoms with E-state index in [1.807, 2.05) is 27.7 Å². The molecule has 9 nitrogen and oxygen atoms in total. The normalized spacial score (nSPS) is 24.0. The molecule has 1 aliphatic heterocycles. The number of hydrogen-bond acceptors (Lipinski definition) is 5. The topological polar surface area (TPSA) is 100 Å². The lowest BCUT2D eigenvalue weighted by Crippen LogP contribution is -2.52. The van der Waals surface area contributed by atoms with E-state index in [0.29, 0.717) is 30.1 Å². The molecule has 1 aromatic carbocycles. The molecule has 0 radical (unpaired) electrons. The van der Waals surface area contributed by atoms with Crippen molar-refractivity contribution in [3.05, 3.63) is 23.8 Å². The van der Waals surface area contributed by atoms with Crippen molar-refractivity contribution >= 4 is 23.5 Å². The molecule has 0 aromatic heterocycles. The second-order valence-corrected chi connectivity index (χ2v) is 9.83. The van der Waals surface area contributed by atoms with Gasteiger partial charge in [-0.15, -0.1) is 0 Å². The van der Waals surface area contributed by atoms with Crippen LogP contribution < -0.4 is 15.4 Å². The number of carbonyl (C=O) groups excluding carboxylic acids is 3.